The fourth-order valence-electron chi connectivity index (χ4n) is 2.74. The first-order valence-electron chi connectivity index (χ1n) is 7.90. The second-order valence-corrected chi connectivity index (χ2v) is 6.03. The third-order valence-corrected chi connectivity index (χ3v) is 4.17. The Kier molecular flexibility index (Phi) is 5.30. The molecule has 1 aromatic carbocycles. The molecule has 0 bridgehead atoms. The molecule has 136 valence electrons. The van der Waals surface area contributed by atoms with Crippen molar-refractivity contribution in [1.82, 2.24) is 10.1 Å². The largest absolute Gasteiger partial charge is 0.394 e. The number of aliphatic hydroxyl groups excluding tert-OH is 4. The standard InChI is InChI=1S/C16H21N3O6/c1-19(7-9-5-3-2-4-6-9)16-17-15(18-25-16)14-13(23)12(22)11(21)10(8-20)24-14/h2-6,10-14,20-23H,7-8H2,1H3/t10-,11-,12+,13-,14-/m1/s1. The van der Waals surface area contributed by atoms with E-state index in [1.165, 1.54) is 0 Å². The predicted molar refractivity (Wildman–Crippen MR) is 85.6 cm³/mol. The van der Waals surface area contributed by atoms with Crippen molar-refractivity contribution in [2.24, 2.45) is 0 Å². The van der Waals surface area contributed by atoms with Gasteiger partial charge in [-0.2, -0.15) is 4.98 Å². The van der Waals surface area contributed by atoms with Crippen LogP contribution in [0, 0.1) is 0 Å². The van der Waals surface area contributed by atoms with Crippen molar-refractivity contribution in [3.05, 3.63) is 41.7 Å². The van der Waals surface area contributed by atoms with Crippen LogP contribution < -0.4 is 4.90 Å². The summed E-state index contributed by atoms with van der Waals surface area (Å²) in [5.41, 5.74) is 1.05. The number of hydrogen-bond donors (Lipinski definition) is 4. The maximum atomic E-state index is 10.1. The summed E-state index contributed by atoms with van der Waals surface area (Å²) in [6.45, 7) is 0.0250. The molecule has 1 fully saturated rings. The third kappa shape index (κ3) is 3.65. The number of ether oxygens (including phenoxy) is 1. The van der Waals surface area contributed by atoms with Crippen LogP contribution in [0.5, 0.6) is 0 Å². The minimum absolute atomic E-state index is 0.0341. The molecule has 0 radical (unpaired) electrons. The Bertz CT molecular complexity index is 680. The molecule has 0 aliphatic carbocycles. The molecule has 4 N–H and O–H groups in total. The minimum atomic E-state index is -1.49. The molecule has 1 aromatic heterocycles. The van der Waals surface area contributed by atoms with Gasteiger partial charge in [-0.05, 0) is 5.56 Å². The molecule has 9 nitrogen and oxygen atoms in total. The highest BCUT2D eigenvalue weighted by atomic mass is 16.6. The lowest BCUT2D eigenvalue weighted by atomic mass is 9.95. The molecular weight excluding hydrogens is 330 g/mol. The van der Waals surface area contributed by atoms with E-state index in [0.29, 0.717) is 6.54 Å². The minimum Gasteiger partial charge on any atom is -0.394 e. The lowest BCUT2D eigenvalue weighted by molar-refractivity contribution is -0.233. The Morgan fingerprint density at radius 2 is 1.80 bits per heavy atom. The summed E-state index contributed by atoms with van der Waals surface area (Å²) >= 11 is 0. The highest BCUT2D eigenvalue weighted by Gasteiger charge is 2.45. The van der Waals surface area contributed by atoms with Gasteiger partial charge in [0, 0.05) is 13.6 Å². The number of nitrogens with zero attached hydrogens (tertiary/aromatic N) is 3. The lowest BCUT2D eigenvalue weighted by Gasteiger charge is -2.38. The Morgan fingerprint density at radius 1 is 1.08 bits per heavy atom. The number of rotatable bonds is 5. The molecule has 1 aliphatic rings. The summed E-state index contributed by atoms with van der Waals surface area (Å²) in [5, 5.41) is 42.8. The average Bonchev–Trinajstić information content (AvgIpc) is 3.11. The molecule has 5 atom stereocenters. The van der Waals surface area contributed by atoms with Gasteiger partial charge in [0.15, 0.2) is 0 Å². The molecule has 3 rings (SSSR count). The van der Waals surface area contributed by atoms with E-state index in [4.69, 9.17) is 9.26 Å². The zero-order valence-electron chi connectivity index (χ0n) is 13.6. The highest BCUT2D eigenvalue weighted by molar-refractivity contribution is 5.28. The van der Waals surface area contributed by atoms with Crippen molar-refractivity contribution in [1.29, 1.82) is 0 Å². The summed E-state index contributed by atoms with van der Waals surface area (Å²) in [4.78, 5) is 5.93. The SMILES string of the molecule is CN(Cc1ccccc1)c1nc([C@@H]2O[C@H](CO)[C@@H](O)[C@H](O)[C@H]2O)no1. The van der Waals surface area contributed by atoms with Gasteiger partial charge in [-0.1, -0.05) is 35.5 Å². The van der Waals surface area contributed by atoms with Crippen molar-refractivity contribution in [2.75, 3.05) is 18.6 Å². The Morgan fingerprint density at radius 3 is 2.48 bits per heavy atom. The summed E-state index contributed by atoms with van der Waals surface area (Å²) in [6.07, 6.45) is -6.49. The molecule has 2 aromatic rings. The van der Waals surface area contributed by atoms with Gasteiger partial charge in [0.05, 0.1) is 6.61 Å². The second-order valence-electron chi connectivity index (χ2n) is 6.03. The molecule has 0 amide bonds. The first-order chi connectivity index (χ1) is 12.0. The van der Waals surface area contributed by atoms with Crippen molar-refractivity contribution in [2.45, 2.75) is 37.1 Å². The first kappa shape index (κ1) is 17.8. The molecule has 9 heteroatoms. The predicted octanol–water partition coefficient (Wildman–Crippen LogP) is -0.779. The van der Waals surface area contributed by atoms with E-state index in [2.05, 4.69) is 10.1 Å². The van der Waals surface area contributed by atoms with E-state index in [1.54, 1.807) is 11.9 Å². The van der Waals surface area contributed by atoms with E-state index in [-0.39, 0.29) is 11.8 Å². The van der Waals surface area contributed by atoms with Crippen LogP contribution in [0.15, 0.2) is 34.9 Å². The molecule has 0 unspecified atom stereocenters. The monoisotopic (exact) mass is 351 g/mol. The van der Waals surface area contributed by atoms with Crippen LogP contribution in [0.1, 0.15) is 17.5 Å². The van der Waals surface area contributed by atoms with Crippen LogP contribution in [-0.2, 0) is 11.3 Å². The zero-order valence-corrected chi connectivity index (χ0v) is 13.6. The average molecular weight is 351 g/mol. The Labute approximate surface area is 144 Å². The van der Waals surface area contributed by atoms with Gasteiger partial charge in [0.1, 0.15) is 30.5 Å². The number of benzene rings is 1. The maximum absolute atomic E-state index is 10.1. The van der Waals surface area contributed by atoms with Crippen LogP contribution in [0.25, 0.3) is 0 Å². The van der Waals surface area contributed by atoms with Crippen molar-refractivity contribution in [3.8, 4) is 0 Å². The molecular formula is C16H21N3O6. The van der Waals surface area contributed by atoms with E-state index in [0.717, 1.165) is 5.56 Å². The van der Waals surface area contributed by atoms with Gasteiger partial charge in [-0.15, -0.1) is 0 Å². The van der Waals surface area contributed by atoms with Crippen LogP contribution >= 0.6 is 0 Å². The van der Waals surface area contributed by atoms with Gasteiger partial charge in [-0.3, -0.25) is 0 Å². The van der Waals surface area contributed by atoms with Crippen LogP contribution in [0.3, 0.4) is 0 Å². The van der Waals surface area contributed by atoms with Gasteiger partial charge >= 0.3 is 6.01 Å². The van der Waals surface area contributed by atoms with Gasteiger partial charge in [0.25, 0.3) is 0 Å². The fraction of sp³-hybridized carbons (Fsp3) is 0.500. The van der Waals surface area contributed by atoms with E-state index in [1.807, 2.05) is 30.3 Å². The molecule has 1 aliphatic heterocycles. The van der Waals surface area contributed by atoms with Crippen LogP contribution in [-0.4, -0.2) is 68.6 Å². The van der Waals surface area contributed by atoms with E-state index < -0.39 is 37.1 Å². The summed E-state index contributed by atoms with van der Waals surface area (Å²) < 4.78 is 10.6. The highest BCUT2D eigenvalue weighted by Crippen LogP contribution is 2.31. The van der Waals surface area contributed by atoms with Crippen molar-refractivity contribution in [3.63, 3.8) is 0 Å². The van der Waals surface area contributed by atoms with Crippen LogP contribution in [0.2, 0.25) is 0 Å². The number of aliphatic hydroxyl groups is 4. The van der Waals surface area contributed by atoms with E-state index in [9.17, 15) is 20.4 Å². The van der Waals surface area contributed by atoms with Gasteiger partial charge in [0.2, 0.25) is 5.82 Å². The number of anilines is 1. The molecule has 0 saturated carbocycles. The van der Waals surface area contributed by atoms with Gasteiger partial charge < -0.3 is 34.6 Å². The number of aromatic nitrogens is 2. The third-order valence-electron chi connectivity index (χ3n) is 4.17. The summed E-state index contributed by atoms with van der Waals surface area (Å²) in [5.74, 6) is 0.0341. The Hall–Kier alpha value is -2.04. The zero-order chi connectivity index (χ0) is 18.0. The van der Waals surface area contributed by atoms with Crippen molar-refractivity contribution < 1.29 is 29.7 Å². The summed E-state index contributed by atoms with van der Waals surface area (Å²) in [7, 11) is 1.78. The topological polar surface area (TPSA) is 132 Å². The number of hydrogen-bond acceptors (Lipinski definition) is 9. The summed E-state index contributed by atoms with van der Waals surface area (Å²) in [6, 6.07) is 9.92. The molecule has 1 saturated heterocycles. The quantitative estimate of drug-likeness (QED) is 0.547. The second kappa shape index (κ2) is 7.46. The smallest absolute Gasteiger partial charge is 0.324 e. The maximum Gasteiger partial charge on any atom is 0.324 e. The fourth-order valence-corrected chi connectivity index (χ4v) is 2.74. The normalized spacial score (nSPS) is 29.6. The van der Waals surface area contributed by atoms with E-state index >= 15 is 0 Å². The lowest BCUT2D eigenvalue weighted by Crippen LogP contribution is -2.55. The van der Waals surface area contributed by atoms with Gasteiger partial charge in [-0.25, -0.2) is 0 Å². The van der Waals surface area contributed by atoms with Crippen molar-refractivity contribution >= 4 is 6.01 Å². The Balaban J connectivity index is 1.74. The first-order valence-corrected chi connectivity index (χ1v) is 7.90. The molecule has 2 heterocycles. The molecule has 25 heavy (non-hydrogen) atoms. The van der Waals surface area contributed by atoms with Crippen LogP contribution in [0.4, 0.5) is 6.01 Å². The molecule has 0 spiro atoms.